The summed E-state index contributed by atoms with van der Waals surface area (Å²) in [5.74, 6) is 1.63. The van der Waals surface area contributed by atoms with Crippen LogP contribution in [0.3, 0.4) is 0 Å². The van der Waals surface area contributed by atoms with E-state index in [9.17, 15) is 4.79 Å². The van der Waals surface area contributed by atoms with Crippen LogP contribution in [0.1, 0.15) is 50.6 Å². The molecule has 0 spiro atoms. The molecule has 1 aromatic rings. The Balaban J connectivity index is 2.02. The fraction of sp³-hybridized carbons (Fsp3) is 0.667. The Bertz CT molecular complexity index is 380. The standard InChI is InChI=1S/C15H22O3/c1-10(2)12-7-6-11(3)9-14(12)18-15(16)13-5-4-8-17-13/h4-5,8,10-12,14H,6-7,9H2,1-3H3/t11-,12+,14-/m1/s1. The van der Waals surface area contributed by atoms with Crippen LogP contribution in [0.15, 0.2) is 22.8 Å². The van der Waals surface area contributed by atoms with Crippen LogP contribution in [0.25, 0.3) is 0 Å². The van der Waals surface area contributed by atoms with E-state index in [4.69, 9.17) is 9.15 Å². The molecule has 1 aliphatic rings. The molecule has 100 valence electrons. The molecule has 2 rings (SSSR count). The Kier molecular flexibility index (Phi) is 4.10. The lowest BCUT2D eigenvalue weighted by atomic mass is 9.75. The molecule has 0 aromatic carbocycles. The topological polar surface area (TPSA) is 39.4 Å². The van der Waals surface area contributed by atoms with E-state index in [1.54, 1.807) is 12.1 Å². The quantitative estimate of drug-likeness (QED) is 0.764. The predicted octanol–water partition coefficient (Wildman–Crippen LogP) is 3.90. The van der Waals surface area contributed by atoms with Crippen LogP contribution in [0.4, 0.5) is 0 Å². The highest BCUT2D eigenvalue weighted by Gasteiger charge is 2.33. The van der Waals surface area contributed by atoms with Gasteiger partial charge in [0, 0.05) is 0 Å². The summed E-state index contributed by atoms with van der Waals surface area (Å²) in [6.45, 7) is 6.63. The van der Waals surface area contributed by atoms with Gasteiger partial charge in [-0.1, -0.05) is 27.2 Å². The first-order chi connectivity index (χ1) is 8.58. The zero-order valence-corrected chi connectivity index (χ0v) is 11.4. The number of hydrogen-bond donors (Lipinski definition) is 0. The Hall–Kier alpha value is -1.25. The summed E-state index contributed by atoms with van der Waals surface area (Å²) in [6, 6.07) is 3.36. The summed E-state index contributed by atoms with van der Waals surface area (Å²) in [5, 5.41) is 0. The van der Waals surface area contributed by atoms with Crippen molar-refractivity contribution in [3.8, 4) is 0 Å². The van der Waals surface area contributed by atoms with Crippen molar-refractivity contribution in [2.75, 3.05) is 0 Å². The molecule has 1 aromatic heterocycles. The normalized spacial score (nSPS) is 28.3. The summed E-state index contributed by atoms with van der Waals surface area (Å²) in [5.41, 5.74) is 0. The number of ether oxygens (including phenoxy) is 1. The van der Waals surface area contributed by atoms with Crippen molar-refractivity contribution < 1.29 is 13.9 Å². The van der Waals surface area contributed by atoms with Crippen molar-refractivity contribution in [3.63, 3.8) is 0 Å². The fourth-order valence-electron chi connectivity index (χ4n) is 2.84. The van der Waals surface area contributed by atoms with E-state index in [2.05, 4.69) is 20.8 Å². The zero-order valence-electron chi connectivity index (χ0n) is 11.4. The molecule has 0 amide bonds. The third kappa shape index (κ3) is 2.95. The van der Waals surface area contributed by atoms with E-state index in [1.165, 1.54) is 12.7 Å². The first-order valence-electron chi connectivity index (χ1n) is 6.82. The number of esters is 1. The Morgan fingerprint density at radius 3 is 2.83 bits per heavy atom. The van der Waals surface area contributed by atoms with Gasteiger partial charge in [-0.25, -0.2) is 4.79 Å². The number of carbonyl (C=O) groups is 1. The van der Waals surface area contributed by atoms with Gasteiger partial charge in [0.05, 0.1) is 6.26 Å². The lowest BCUT2D eigenvalue weighted by Gasteiger charge is -2.36. The highest BCUT2D eigenvalue weighted by atomic mass is 16.6. The number of carbonyl (C=O) groups excluding carboxylic acids is 1. The summed E-state index contributed by atoms with van der Waals surface area (Å²) in [6.07, 6.45) is 4.88. The molecular formula is C15H22O3. The summed E-state index contributed by atoms with van der Waals surface area (Å²) < 4.78 is 10.7. The first-order valence-corrected chi connectivity index (χ1v) is 6.82. The van der Waals surface area contributed by atoms with Gasteiger partial charge < -0.3 is 9.15 Å². The molecule has 1 fully saturated rings. The van der Waals surface area contributed by atoms with Crippen LogP contribution < -0.4 is 0 Å². The van der Waals surface area contributed by atoms with Crippen molar-refractivity contribution >= 4 is 5.97 Å². The fourth-order valence-corrected chi connectivity index (χ4v) is 2.84. The minimum Gasteiger partial charge on any atom is -0.457 e. The van der Waals surface area contributed by atoms with Crippen molar-refractivity contribution in [3.05, 3.63) is 24.2 Å². The summed E-state index contributed by atoms with van der Waals surface area (Å²) in [7, 11) is 0. The average Bonchev–Trinajstić information content (AvgIpc) is 2.81. The summed E-state index contributed by atoms with van der Waals surface area (Å²) in [4.78, 5) is 11.9. The van der Waals surface area contributed by atoms with Crippen molar-refractivity contribution in [2.45, 2.75) is 46.1 Å². The van der Waals surface area contributed by atoms with Crippen LogP contribution in [0, 0.1) is 17.8 Å². The highest BCUT2D eigenvalue weighted by Crippen LogP contribution is 2.35. The largest absolute Gasteiger partial charge is 0.457 e. The average molecular weight is 250 g/mol. The predicted molar refractivity (Wildman–Crippen MR) is 69.3 cm³/mol. The molecule has 0 saturated heterocycles. The highest BCUT2D eigenvalue weighted by molar-refractivity contribution is 5.86. The Morgan fingerprint density at radius 1 is 1.44 bits per heavy atom. The molecule has 0 bridgehead atoms. The smallest absolute Gasteiger partial charge is 0.374 e. The maximum atomic E-state index is 11.9. The molecule has 0 aliphatic heterocycles. The van der Waals surface area contributed by atoms with E-state index in [1.807, 2.05) is 0 Å². The van der Waals surface area contributed by atoms with Crippen LogP contribution in [0.5, 0.6) is 0 Å². The zero-order chi connectivity index (χ0) is 13.1. The van der Waals surface area contributed by atoms with E-state index in [0.29, 0.717) is 23.5 Å². The lowest BCUT2D eigenvalue weighted by Crippen LogP contribution is -2.35. The van der Waals surface area contributed by atoms with Crippen LogP contribution in [-0.4, -0.2) is 12.1 Å². The van der Waals surface area contributed by atoms with E-state index < -0.39 is 0 Å². The second-order valence-corrected chi connectivity index (χ2v) is 5.75. The molecule has 3 nitrogen and oxygen atoms in total. The minimum absolute atomic E-state index is 0.0337. The van der Waals surface area contributed by atoms with E-state index in [0.717, 1.165) is 12.8 Å². The Morgan fingerprint density at radius 2 is 2.22 bits per heavy atom. The van der Waals surface area contributed by atoms with Gasteiger partial charge in [-0.05, 0) is 42.7 Å². The third-order valence-electron chi connectivity index (χ3n) is 3.94. The monoisotopic (exact) mass is 250 g/mol. The van der Waals surface area contributed by atoms with Crippen LogP contribution in [-0.2, 0) is 4.74 Å². The van der Waals surface area contributed by atoms with Gasteiger partial charge in [0.1, 0.15) is 6.10 Å². The second kappa shape index (κ2) is 5.59. The first kappa shape index (κ1) is 13.2. The van der Waals surface area contributed by atoms with Gasteiger partial charge in [0.25, 0.3) is 0 Å². The van der Waals surface area contributed by atoms with E-state index >= 15 is 0 Å². The number of hydrogen-bond acceptors (Lipinski definition) is 3. The molecule has 0 N–H and O–H groups in total. The maximum Gasteiger partial charge on any atom is 0.374 e. The van der Waals surface area contributed by atoms with Crippen molar-refractivity contribution in [1.29, 1.82) is 0 Å². The third-order valence-corrected chi connectivity index (χ3v) is 3.94. The van der Waals surface area contributed by atoms with Crippen molar-refractivity contribution in [1.82, 2.24) is 0 Å². The van der Waals surface area contributed by atoms with Crippen molar-refractivity contribution in [2.24, 2.45) is 17.8 Å². The van der Waals surface area contributed by atoms with Gasteiger partial charge in [0.2, 0.25) is 5.76 Å². The molecule has 1 aliphatic carbocycles. The lowest BCUT2D eigenvalue weighted by molar-refractivity contribution is -0.0198. The molecule has 0 radical (unpaired) electrons. The number of furan rings is 1. The SMILES string of the molecule is CC(C)[C@@H]1CC[C@@H](C)C[C@H]1OC(=O)c1ccco1. The molecule has 1 heterocycles. The maximum absolute atomic E-state index is 11.9. The van der Waals surface area contributed by atoms with Gasteiger partial charge in [0.15, 0.2) is 0 Å². The van der Waals surface area contributed by atoms with Gasteiger partial charge >= 0.3 is 5.97 Å². The molecule has 3 heteroatoms. The molecular weight excluding hydrogens is 228 g/mol. The van der Waals surface area contributed by atoms with Crippen LogP contribution >= 0.6 is 0 Å². The number of rotatable bonds is 3. The minimum atomic E-state index is -0.329. The van der Waals surface area contributed by atoms with Gasteiger partial charge in [-0.3, -0.25) is 0 Å². The van der Waals surface area contributed by atoms with Crippen LogP contribution in [0.2, 0.25) is 0 Å². The molecule has 0 unspecified atom stereocenters. The van der Waals surface area contributed by atoms with Gasteiger partial charge in [-0.2, -0.15) is 0 Å². The Labute approximate surface area is 109 Å². The molecule has 1 saturated carbocycles. The summed E-state index contributed by atoms with van der Waals surface area (Å²) >= 11 is 0. The second-order valence-electron chi connectivity index (χ2n) is 5.75. The molecule has 3 atom stereocenters. The van der Waals surface area contributed by atoms with Gasteiger partial charge in [-0.15, -0.1) is 0 Å². The molecule has 18 heavy (non-hydrogen) atoms. The van der Waals surface area contributed by atoms with E-state index in [-0.39, 0.29) is 12.1 Å².